The Bertz CT molecular complexity index is 620. The Kier molecular flexibility index (Phi) is 7.43. The van der Waals surface area contributed by atoms with Crippen LogP contribution in [0.5, 0.6) is 0 Å². The summed E-state index contributed by atoms with van der Waals surface area (Å²) in [4.78, 5) is 2.44. The molecule has 0 spiro atoms. The van der Waals surface area contributed by atoms with Gasteiger partial charge in [0.1, 0.15) is 0 Å². The van der Waals surface area contributed by atoms with E-state index in [9.17, 15) is 0 Å². The second-order valence-corrected chi connectivity index (χ2v) is 6.87. The first-order chi connectivity index (χ1) is 12.8. The number of ether oxygens (including phenoxy) is 1. The molecule has 3 rings (SSSR count). The molecule has 5 heteroatoms. The van der Waals surface area contributed by atoms with Crippen molar-refractivity contribution < 1.29 is 4.74 Å². The van der Waals surface area contributed by atoms with Crippen LogP contribution in [0.4, 0.5) is 0 Å². The van der Waals surface area contributed by atoms with Gasteiger partial charge in [-0.3, -0.25) is 4.90 Å². The molecule has 0 aromatic heterocycles. The van der Waals surface area contributed by atoms with E-state index in [1.807, 2.05) is 12.1 Å². The fraction of sp³-hybridized carbons (Fsp3) is 0.381. The minimum Gasteiger partial charge on any atom is -0.379 e. The average Bonchev–Trinajstić information content (AvgIpc) is 2.71. The Labute approximate surface area is 161 Å². The number of hydrogen-bond acceptors (Lipinski definition) is 3. The highest BCUT2D eigenvalue weighted by Gasteiger charge is 2.15. The Hall–Kier alpha value is -1.95. The van der Waals surface area contributed by atoms with E-state index < -0.39 is 0 Å². The van der Waals surface area contributed by atoms with Crippen LogP contribution in [0.1, 0.15) is 23.6 Å². The molecule has 1 heterocycles. The normalized spacial score (nSPS) is 15.0. The van der Waals surface area contributed by atoms with E-state index in [0.717, 1.165) is 45.8 Å². The fourth-order valence-electron chi connectivity index (χ4n) is 3.16. The molecule has 0 aliphatic carbocycles. The molecule has 138 valence electrons. The van der Waals surface area contributed by atoms with Crippen molar-refractivity contribution in [3.05, 3.63) is 71.8 Å². The third-order valence-corrected chi connectivity index (χ3v) is 4.84. The minimum absolute atomic E-state index is 0.0524. The first kappa shape index (κ1) is 18.8. The molecule has 4 nitrogen and oxygen atoms in total. The lowest BCUT2D eigenvalue weighted by molar-refractivity contribution is 0.0376. The van der Waals surface area contributed by atoms with Gasteiger partial charge in [0.25, 0.3) is 0 Å². The van der Waals surface area contributed by atoms with E-state index in [-0.39, 0.29) is 6.04 Å². The zero-order chi connectivity index (χ0) is 18.0. The molecule has 1 fully saturated rings. The van der Waals surface area contributed by atoms with E-state index in [1.54, 1.807) is 0 Å². The SMILES string of the molecule is S=C(NCCCN1CCOCC1)NC(c1ccccc1)c1ccccc1. The van der Waals surface area contributed by atoms with Gasteiger partial charge >= 0.3 is 0 Å². The van der Waals surface area contributed by atoms with Crippen LogP contribution in [0.3, 0.4) is 0 Å². The number of nitrogens with one attached hydrogen (secondary N) is 2. The summed E-state index contributed by atoms with van der Waals surface area (Å²) < 4.78 is 5.38. The van der Waals surface area contributed by atoms with Gasteiger partial charge in [0.2, 0.25) is 0 Å². The summed E-state index contributed by atoms with van der Waals surface area (Å²) >= 11 is 5.54. The third kappa shape index (κ3) is 5.80. The zero-order valence-corrected chi connectivity index (χ0v) is 15.9. The van der Waals surface area contributed by atoms with Crippen molar-refractivity contribution in [1.82, 2.24) is 15.5 Å². The summed E-state index contributed by atoms with van der Waals surface area (Å²) in [5, 5.41) is 7.53. The maximum atomic E-state index is 5.54. The molecular formula is C21H27N3OS. The number of benzene rings is 2. The van der Waals surface area contributed by atoms with Crippen molar-refractivity contribution in [2.24, 2.45) is 0 Å². The highest BCUT2D eigenvalue weighted by atomic mass is 32.1. The molecule has 2 N–H and O–H groups in total. The summed E-state index contributed by atoms with van der Waals surface area (Å²) in [6.45, 7) is 5.73. The van der Waals surface area contributed by atoms with Crippen molar-refractivity contribution in [2.75, 3.05) is 39.4 Å². The van der Waals surface area contributed by atoms with Crippen LogP contribution in [0.2, 0.25) is 0 Å². The van der Waals surface area contributed by atoms with Gasteiger partial charge in [0, 0.05) is 19.6 Å². The molecule has 0 unspecified atom stereocenters. The monoisotopic (exact) mass is 369 g/mol. The van der Waals surface area contributed by atoms with Crippen LogP contribution in [0.25, 0.3) is 0 Å². The summed E-state index contributed by atoms with van der Waals surface area (Å²) in [6.07, 6.45) is 1.07. The predicted molar refractivity (Wildman–Crippen MR) is 110 cm³/mol. The Morgan fingerprint density at radius 1 is 0.962 bits per heavy atom. The van der Waals surface area contributed by atoms with Gasteiger partial charge in [-0.15, -0.1) is 0 Å². The first-order valence-electron chi connectivity index (χ1n) is 9.27. The van der Waals surface area contributed by atoms with Gasteiger partial charge in [0.05, 0.1) is 19.3 Å². The summed E-state index contributed by atoms with van der Waals surface area (Å²) in [6, 6.07) is 20.9. The summed E-state index contributed by atoms with van der Waals surface area (Å²) in [5.41, 5.74) is 2.41. The van der Waals surface area contributed by atoms with Crippen LogP contribution >= 0.6 is 12.2 Å². The van der Waals surface area contributed by atoms with Crippen molar-refractivity contribution in [3.63, 3.8) is 0 Å². The number of morpholine rings is 1. The van der Waals surface area contributed by atoms with Crippen molar-refractivity contribution >= 4 is 17.3 Å². The predicted octanol–water partition coefficient (Wildman–Crippen LogP) is 2.96. The number of nitrogens with zero attached hydrogens (tertiary/aromatic N) is 1. The molecule has 2 aromatic rings. The Balaban J connectivity index is 1.51. The van der Waals surface area contributed by atoms with Gasteiger partial charge in [-0.2, -0.15) is 0 Å². The standard InChI is InChI=1S/C21H27N3OS/c26-21(22-12-7-13-24-14-16-25-17-15-24)23-20(18-8-3-1-4-9-18)19-10-5-2-6-11-19/h1-6,8-11,20H,7,12-17H2,(H2,22,23,26). The third-order valence-electron chi connectivity index (χ3n) is 4.58. The molecule has 0 bridgehead atoms. The van der Waals surface area contributed by atoms with Crippen molar-refractivity contribution in [2.45, 2.75) is 12.5 Å². The van der Waals surface area contributed by atoms with E-state index in [2.05, 4.69) is 64.1 Å². The van der Waals surface area contributed by atoms with E-state index in [4.69, 9.17) is 17.0 Å². The molecule has 0 radical (unpaired) electrons. The van der Waals surface area contributed by atoms with Crippen LogP contribution in [-0.4, -0.2) is 49.4 Å². The van der Waals surface area contributed by atoms with Crippen LogP contribution in [0.15, 0.2) is 60.7 Å². The molecule has 0 saturated carbocycles. The number of rotatable bonds is 7. The lowest BCUT2D eigenvalue weighted by Gasteiger charge is -2.26. The first-order valence-corrected chi connectivity index (χ1v) is 9.68. The lowest BCUT2D eigenvalue weighted by atomic mass is 9.99. The Morgan fingerprint density at radius 3 is 2.12 bits per heavy atom. The topological polar surface area (TPSA) is 36.5 Å². The maximum absolute atomic E-state index is 5.54. The molecule has 1 saturated heterocycles. The smallest absolute Gasteiger partial charge is 0.167 e. The summed E-state index contributed by atoms with van der Waals surface area (Å²) in [7, 11) is 0. The van der Waals surface area contributed by atoms with Crippen LogP contribution in [0, 0.1) is 0 Å². The van der Waals surface area contributed by atoms with Gasteiger partial charge in [-0.1, -0.05) is 60.7 Å². The van der Waals surface area contributed by atoms with Gasteiger partial charge in [0.15, 0.2) is 5.11 Å². The molecule has 0 atom stereocenters. The van der Waals surface area contributed by atoms with Gasteiger partial charge < -0.3 is 15.4 Å². The van der Waals surface area contributed by atoms with Crippen molar-refractivity contribution in [3.8, 4) is 0 Å². The largest absolute Gasteiger partial charge is 0.379 e. The molecular weight excluding hydrogens is 342 g/mol. The van der Waals surface area contributed by atoms with Crippen LogP contribution in [-0.2, 0) is 4.74 Å². The second kappa shape index (κ2) is 10.3. The molecule has 0 amide bonds. The molecule has 2 aromatic carbocycles. The summed E-state index contributed by atoms with van der Waals surface area (Å²) in [5.74, 6) is 0. The molecule has 1 aliphatic heterocycles. The van der Waals surface area contributed by atoms with Crippen LogP contribution < -0.4 is 10.6 Å². The fourth-order valence-corrected chi connectivity index (χ4v) is 3.38. The lowest BCUT2D eigenvalue weighted by Crippen LogP contribution is -2.41. The second-order valence-electron chi connectivity index (χ2n) is 6.46. The maximum Gasteiger partial charge on any atom is 0.167 e. The van der Waals surface area contributed by atoms with E-state index in [0.29, 0.717) is 5.11 Å². The van der Waals surface area contributed by atoms with Crippen molar-refractivity contribution in [1.29, 1.82) is 0 Å². The average molecular weight is 370 g/mol. The van der Waals surface area contributed by atoms with Gasteiger partial charge in [-0.25, -0.2) is 0 Å². The van der Waals surface area contributed by atoms with Gasteiger partial charge in [-0.05, 0) is 36.3 Å². The highest BCUT2D eigenvalue weighted by molar-refractivity contribution is 7.80. The van der Waals surface area contributed by atoms with E-state index in [1.165, 1.54) is 11.1 Å². The molecule has 1 aliphatic rings. The van der Waals surface area contributed by atoms with E-state index >= 15 is 0 Å². The quantitative estimate of drug-likeness (QED) is 0.580. The molecule has 26 heavy (non-hydrogen) atoms. The minimum atomic E-state index is 0.0524. The zero-order valence-electron chi connectivity index (χ0n) is 15.1. The highest BCUT2D eigenvalue weighted by Crippen LogP contribution is 2.21. The number of thiocarbonyl (C=S) groups is 1. The number of hydrogen-bond donors (Lipinski definition) is 2. The Morgan fingerprint density at radius 2 is 1.54 bits per heavy atom.